The van der Waals surface area contributed by atoms with Crippen LogP contribution in [-0.4, -0.2) is 17.4 Å². The number of benzene rings is 1. The second-order valence-electron chi connectivity index (χ2n) is 6.11. The Balaban J connectivity index is 1.76. The summed E-state index contributed by atoms with van der Waals surface area (Å²) < 4.78 is 38.3. The molecule has 118 valence electrons. The predicted octanol–water partition coefficient (Wildman–Crippen LogP) is 4.74. The third-order valence-electron chi connectivity index (χ3n) is 4.53. The van der Waals surface area contributed by atoms with Gasteiger partial charge in [0.05, 0.1) is 12.0 Å². The molecule has 1 nitrogen and oxygen atoms in total. The molecule has 1 aromatic rings. The molecule has 1 aliphatic carbocycles. The van der Waals surface area contributed by atoms with Crippen LogP contribution in [0, 0.1) is 11.8 Å². The van der Waals surface area contributed by atoms with Gasteiger partial charge in [0.25, 0.3) is 0 Å². The van der Waals surface area contributed by atoms with Gasteiger partial charge in [-0.15, -0.1) is 0 Å². The average molecular weight is 300 g/mol. The van der Waals surface area contributed by atoms with E-state index in [1.807, 2.05) is 30.3 Å². The normalized spacial score (nSPS) is 24.8. The topological polar surface area (TPSA) is 20.2 Å². The zero-order valence-electron chi connectivity index (χ0n) is 12.1. The molecule has 3 unspecified atom stereocenters. The molecule has 0 spiro atoms. The lowest BCUT2D eigenvalue weighted by molar-refractivity contribution is -0.188. The molecule has 21 heavy (non-hydrogen) atoms. The number of hydrogen-bond acceptors (Lipinski definition) is 1. The highest BCUT2D eigenvalue weighted by Crippen LogP contribution is 2.41. The van der Waals surface area contributed by atoms with Crippen molar-refractivity contribution in [1.82, 2.24) is 0 Å². The van der Waals surface area contributed by atoms with Gasteiger partial charge in [-0.05, 0) is 50.0 Å². The number of aryl methyl sites for hydroxylation is 1. The lowest BCUT2D eigenvalue weighted by Crippen LogP contribution is -2.33. The highest BCUT2D eigenvalue weighted by atomic mass is 19.4. The lowest BCUT2D eigenvalue weighted by atomic mass is 9.77. The molecule has 1 saturated carbocycles. The van der Waals surface area contributed by atoms with E-state index in [0.29, 0.717) is 12.8 Å². The van der Waals surface area contributed by atoms with Gasteiger partial charge in [-0.25, -0.2) is 0 Å². The standard InChI is InChI=1S/C17H23F3O/c18-17(19,20)15-10-5-9-14(12-15)16(21)11-4-8-13-6-2-1-3-7-13/h1-3,6-7,14-16,21H,4-5,8-12H2. The molecule has 0 aromatic heterocycles. The average Bonchev–Trinajstić information content (AvgIpc) is 2.47. The highest BCUT2D eigenvalue weighted by molar-refractivity contribution is 5.14. The van der Waals surface area contributed by atoms with Crippen LogP contribution in [0.3, 0.4) is 0 Å². The SMILES string of the molecule is OC(CCCc1ccccc1)C1CCCC(C(F)(F)F)C1. The van der Waals surface area contributed by atoms with Crippen molar-refractivity contribution < 1.29 is 18.3 Å². The molecule has 0 heterocycles. The minimum atomic E-state index is -4.11. The molecule has 0 saturated heterocycles. The smallest absolute Gasteiger partial charge is 0.391 e. The summed E-state index contributed by atoms with van der Waals surface area (Å²) in [4.78, 5) is 0. The van der Waals surface area contributed by atoms with E-state index < -0.39 is 18.2 Å². The van der Waals surface area contributed by atoms with E-state index >= 15 is 0 Å². The van der Waals surface area contributed by atoms with Crippen LogP contribution in [-0.2, 0) is 6.42 Å². The first-order valence-electron chi connectivity index (χ1n) is 7.75. The monoisotopic (exact) mass is 300 g/mol. The maximum absolute atomic E-state index is 12.8. The van der Waals surface area contributed by atoms with E-state index in [9.17, 15) is 18.3 Å². The summed E-state index contributed by atoms with van der Waals surface area (Å²) in [7, 11) is 0. The van der Waals surface area contributed by atoms with Gasteiger partial charge in [0.15, 0.2) is 0 Å². The first kappa shape index (κ1) is 16.3. The van der Waals surface area contributed by atoms with Gasteiger partial charge in [-0.2, -0.15) is 13.2 Å². The summed E-state index contributed by atoms with van der Waals surface area (Å²) in [5.41, 5.74) is 1.21. The maximum atomic E-state index is 12.8. The maximum Gasteiger partial charge on any atom is 0.391 e. The second kappa shape index (κ2) is 7.30. The number of hydrogen-bond donors (Lipinski definition) is 1. The number of aliphatic hydroxyl groups excluding tert-OH is 1. The van der Waals surface area contributed by atoms with Crippen molar-refractivity contribution in [2.45, 2.75) is 57.2 Å². The number of alkyl halides is 3. The Morgan fingerprint density at radius 2 is 1.86 bits per heavy atom. The van der Waals surface area contributed by atoms with Crippen LogP contribution in [0.5, 0.6) is 0 Å². The van der Waals surface area contributed by atoms with E-state index in [-0.39, 0.29) is 18.8 Å². The van der Waals surface area contributed by atoms with Crippen LogP contribution in [0.2, 0.25) is 0 Å². The summed E-state index contributed by atoms with van der Waals surface area (Å²) in [6, 6.07) is 9.97. The molecule has 4 heteroatoms. The number of aliphatic hydroxyl groups is 1. The fraction of sp³-hybridized carbons (Fsp3) is 0.647. The molecule has 2 rings (SSSR count). The van der Waals surface area contributed by atoms with Crippen molar-refractivity contribution >= 4 is 0 Å². The summed E-state index contributed by atoms with van der Waals surface area (Å²) in [5, 5.41) is 10.2. The fourth-order valence-electron chi connectivity index (χ4n) is 3.27. The minimum Gasteiger partial charge on any atom is -0.393 e. The highest BCUT2D eigenvalue weighted by Gasteiger charge is 2.43. The summed E-state index contributed by atoms with van der Waals surface area (Å²) >= 11 is 0. The summed E-state index contributed by atoms with van der Waals surface area (Å²) in [6.45, 7) is 0. The summed E-state index contributed by atoms with van der Waals surface area (Å²) in [6.07, 6.45) is -0.826. The Kier molecular flexibility index (Phi) is 5.68. The van der Waals surface area contributed by atoms with Gasteiger partial charge in [0, 0.05) is 0 Å². The third-order valence-corrected chi connectivity index (χ3v) is 4.53. The summed E-state index contributed by atoms with van der Waals surface area (Å²) in [5.74, 6) is -1.42. The Labute approximate surface area is 124 Å². The van der Waals surface area contributed by atoms with Gasteiger partial charge in [0.1, 0.15) is 0 Å². The minimum absolute atomic E-state index is 0.0933. The Bertz CT molecular complexity index is 416. The van der Waals surface area contributed by atoms with Crippen LogP contribution in [0.1, 0.15) is 44.1 Å². The van der Waals surface area contributed by atoms with Gasteiger partial charge in [-0.3, -0.25) is 0 Å². The second-order valence-corrected chi connectivity index (χ2v) is 6.11. The van der Waals surface area contributed by atoms with Crippen molar-refractivity contribution in [2.24, 2.45) is 11.8 Å². The lowest BCUT2D eigenvalue weighted by Gasteiger charge is -2.33. The Morgan fingerprint density at radius 1 is 1.14 bits per heavy atom. The first-order chi connectivity index (χ1) is 9.97. The van der Waals surface area contributed by atoms with Crippen molar-refractivity contribution in [1.29, 1.82) is 0 Å². The van der Waals surface area contributed by atoms with E-state index in [1.165, 1.54) is 5.56 Å². The molecule has 1 aliphatic rings. The van der Waals surface area contributed by atoms with Crippen LogP contribution in [0.25, 0.3) is 0 Å². The molecular formula is C17H23F3O. The molecule has 0 bridgehead atoms. The Morgan fingerprint density at radius 3 is 2.52 bits per heavy atom. The van der Waals surface area contributed by atoms with E-state index in [0.717, 1.165) is 19.3 Å². The van der Waals surface area contributed by atoms with Gasteiger partial charge in [-0.1, -0.05) is 36.8 Å². The molecule has 1 aromatic carbocycles. The van der Waals surface area contributed by atoms with E-state index in [2.05, 4.69) is 0 Å². The van der Waals surface area contributed by atoms with Crippen LogP contribution < -0.4 is 0 Å². The van der Waals surface area contributed by atoms with E-state index in [4.69, 9.17) is 0 Å². The zero-order chi connectivity index (χ0) is 15.3. The van der Waals surface area contributed by atoms with Crippen molar-refractivity contribution in [2.75, 3.05) is 0 Å². The van der Waals surface area contributed by atoms with Crippen molar-refractivity contribution in [3.05, 3.63) is 35.9 Å². The molecule has 1 N–H and O–H groups in total. The molecule has 3 atom stereocenters. The first-order valence-corrected chi connectivity index (χ1v) is 7.75. The largest absolute Gasteiger partial charge is 0.393 e. The van der Waals surface area contributed by atoms with Gasteiger partial charge >= 0.3 is 6.18 Å². The predicted molar refractivity (Wildman–Crippen MR) is 76.9 cm³/mol. The molecule has 1 fully saturated rings. The van der Waals surface area contributed by atoms with Crippen LogP contribution in [0.15, 0.2) is 30.3 Å². The van der Waals surface area contributed by atoms with Crippen molar-refractivity contribution in [3.8, 4) is 0 Å². The van der Waals surface area contributed by atoms with Crippen molar-refractivity contribution in [3.63, 3.8) is 0 Å². The van der Waals surface area contributed by atoms with Gasteiger partial charge < -0.3 is 5.11 Å². The van der Waals surface area contributed by atoms with E-state index in [1.54, 1.807) is 0 Å². The zero-order valence-corrected chi connectivity index (χ0v) is 12.1. The Hall–Kier alpha value is -1.03. The molecular weight excluding hydrogens is 277 g/mol. The van der Waals surface area contributed by atoms with Crippen LogP contribution >= 0.6 is 0 Å². The molecule has 0 radical (unpaired) electrons. The number of rotatable bonds is 5. The quantitative estimate of drug-likeness (QED) is 0.833. The third kappa shape index (κ3) is 5.03. The molecule has 0 amide bonds. The fourth-order valence-corrected chi connectivity index (χ4v) is 3.27. The number of halogens is 3. The van der Waals surface area contributed by atoms with Crippen LogP contribution in [0.4, 0.5) is 13.2 Å². The van der Waals surface area contributed by atoms with Gasteiger partial charge in [0.2, 0.25) is 0 Å². The molecule has 0 aliphatic heterocycles.